The van der Waals surface area contributed by atoms with Gasteiger partial charge in [-0.3, -0.25) is 14.5 Å². The number of benzene rings is 1. The third kappa shape index (κ3) is 6.08. The molecule has 0 spiro atoms. The summed E-state index contributed by atoms with van der Waals surface area (Å²) >= 11 is 1.39. The van der Waals surface area contributed by atoms with Crippen molar-refractivity contribution in [3.63, 3.8) is 0 Å². The first-order chi connectivity index (χ1) is 13.9. The highest BCUT2D eigenvalue weighted by atomic mass is 32.1. The molecule has 1 unspecified atom stereocenters. The lowest BCUT2D eigenvalue weighted by Gasteiger charge is -2.25. The lowest BCUT2D eigenvalue weighted by atomic mass is 10.0. The van der Waals surface area contributed by atoms with Crippen molar-refractivity contribution < 1.29 is 14.0 Å². The van der Waals surface area contributed by atoms with Crippen LogP contribution < -0.4 is 10.6 Å². The van der Waals surface area contributed by atoms with E-state index in [4.69, 9.17) is 0 Å². The second-order valence-corrected chi connectivity index (χ2v) is 8.53. The molecule has 1 aliphatic heterocycles. The van der Waals surface area contributed by atoms with Gasteiger partial charge in [-0.05, 0) is 56.1 Å². The Balaban J connectivity index is 1.59. The topological polar surface area (TPSA) is 74.3 Å². The van der Waals surface area contributed by atoms with Crippen LogP contribution in [0.4, 0.5) is 9.52 Å². The van der Waals surface area contributed by atoms with Gasteiger partial charge in [-0.1, -0.05) is 20.3 Å². The number of rotatable bonds is 7. The Morgan fingerprint density at radius 1 is 1.17 bits per heavy atom. The summed E-state index contributed by atoms with van der Waals surface area (Å²) in [6.45, 7) is 6.69. The third-order valence-electron chi connectivity index (χ3n) is 4.96. The number of nitrogens with one attached hydrogen (secondary N) is 2. The van der Waals surface area contributed by atoms with Crippen LogP contribution >= 0.6 is 11.3 Å². The van der Waals surface area contributed by atoms with Crippen LogP contribution in [-0.2, 0) is 11.3 Å². The Labute approximate surface area is 174 Å². The maximum Gasteiger partial charge on any atom is 0.251 e. The van der Waals surface area contributed by atoms with E-state index in [-0.39, 0.29) is 11.8 Å². The van der Waals surface area contributed by atoms with Crippen LogP contribution in [0.25, 0.3) is 0 Å². The van der Waals surface area contributed by atoms with Gasteiger partial charge in [0.15, 0.2) is 5.13 Å². The summed E-state index contributed by atoms with van der Waals surface area (Å²) < 4.78 is 13.1. The van der Waals surface area contributed by atoms with Gasteiger partial charge in [0, 0.05) is 17.5 Å². The number of aromatic nitrogens is 1. The van der Waals surface area contributed by atoms with E-state index < -0.39 is 17.8 Å². The summed E-state index contributed by atoms with van der Waals surface area (Å²) in [4.78, 5) is 32.1. The minimum absolute atomic E-state index is 0.118. The maximum atomic E-state index is 13.1. The van der Waals surface area contributed by atoms with Crippen LogP contribution in [-0.4, -0.2) is 40.8 Å². The average molecular weight is 419 g/mol. The predicted molar refractivity (Wildman–Crippen MR) is 112 cm³/mol. The zero-order valence-corrected chi connectivity index (χ0v) is 17.6. The molecule has 1 saturated heterocycles. The normalized spacial score (nSPS) is 15.9. The summed E-state index contributed by atoms with van der Waals surface area (Å²) in [6, 6.07) is 4.51. The molecule has 1 aromatic carbocycles. The molecular formula is C21H27FN4O2S. The molecular weight excluding hydrogens is 391 g/mol. The fraction of sp³-hybridized carbons (Fsp3) is 0.476. The van der Waals surface area contributed by atoms with Crippen molar-refractivity contribution in [3.05, 3.63) is 46.7 Å². The van der Waals surface area contributed by atoms with Crippen LogP contribution in [0.15, 0.2) is 29.6 Å². The van der Waals surface area contributed by atoms with Crippen LogP contribution in [0.5, 0.6) is 0 Å². The highest BCUT2D eigenvalue weighted by Crippen LogP contribution is 2.19. The van der Waals surface area contributed by atoms with Crippen molar-refractivity contribution in [1.29, 1.82) is 0 Å². The molecule has 0 bridgehead atoms. The highest BCUT2D eigenvalue weighted by Gasteiger charge is 2.25. The van der Waals surface area contributed by atoms with E-state index in [9.17, 15) is 14.0 Å². The number of hydrogen-bond donors (Lipinski definition) is 2. The average Bonchev–Trinajstić information content (AvgIpc) is 3.13. The first-order valence-electron chi connectivity index (χ1n) is 9.96. The molecule has 2 N–H and O–H groups in total. The number of nitrogens with zero attached hydrogens (tertiary/aromatic N) is 2. The van der Waals surface area contributed by atoms with Crippen LogP contribution in [0.1, 0.15) is 49.2 Å². The van der Waals surface area contributed by atoms with Gasteiger partial charge in [-0.25, -0.2) is 9.37 Å². The predicted octanol–water partition coefficient (Wildman–Crippen LogP) is 3.66. The number of likely N-dealkylation sites (tertiary alicyclic amines) is 1. The number of amides is 2. The minimum Gasteiger partial charge on any atom is -0.340 e. The second kappa shape index (κ2) is 9.93. The fourth-order valence-electron chi connectivity index (χ4n) is 3.33. The first-order valence-corrected chi connectivity index (χ1v) is 10.8. The Morgan fingerprint density at radius 2 is 1.86 bits per heavy atom. The molecule has 0 saturated carbocycles. The molecule has 29 heavy (non-hydrogen) atoms. The molecule has 0 aliphatic carbocycles. The highest BCUT2D eigenvalue weighted by molar-refractivity contribution is 7.13. The Kier molecular flexibility index (Phi) is 7.33. The lowest BCUT2D eigenvalue weighted by Crippen LogP contribution is -2.47. The fourth-order valence-corrected chi connectivity index (χ4v) is 4.03. The first kappa shape index (κ1) is 21.4. The van der Waals surface area contributed by atoms with Gasteiger partial charge in [-0.2, -0.15) is 0 Å². The number of halogens is 1. The molecule has 1 aromatic heterocycles. The number of piperidine rings is 1. The van der Waals surface area contributed by atoms with Crippen molar-refractivity contribution in [2.45, 2.75) is 45.7 Å². The van der Waals surface area contributed by atoms with Gasteiger partial charge in [0.2, 0.25) is 5.91 Å². The van der Waals surface area contributed by atoms with Gasteiger partial charge >= 0.3 is 0 Å². The van der Waals surface area contributed by atoms with Crippen molar-refractivity contribution in [3.8, 4) is 0 Å². The molecule has 156 valence electrons. The zero-order valence-electron chi connectivity index (χ0n) is 16.8. The number of anilines is 1. The van der Waals surface area contributed by atoms with E-state index in [2.05, 4.69) is 20.5 Å². The van der Waals surface area contributed by atoms with Gasteiger partial charge in [0.25, 0.3) is 5.91 Å². The summed E-state index contributed by atoms with van der Waals surface area (Å²) in [5.74, 6) is -1.26. The minimum atomic E-state index is -0.720. The number of carbonyl (C=O) groups excluding carboxylic acids is 2. The van der Waals surface area contributed by atoms with E-state index >= 15 is 0 Å². The standard InChI is InChI=1S/C21H27FN4O2S/c1-14(2)18(24-19(27)15-6-8-16(22)9-7-15)20(28)25-21-23-17(13-29-21)12-26-10-4-3-5-11-26/h6-9,13-14,18H,3-5,10-12H2,1-2H3,(H,24,27)(H,23,25,28). The van der Waals surface area contributed by atoms with Crippen molar-refractivity contribution >= 4 is 28.3 Å². The molecule has 1 fully saturated rings. The van der Waals surface area contributed by atoms with Crippen LogP contribution in [0, 0.1) is 11.7 Å². The smallest absolute Gasteiger partial charge is 0.251 e. The quantitative estimate of drug-likeness (QED) is 0.720. The third-order valence-corrected chi connectivity index (χ3v) is 5.76. The lowest BCUT2D eigenvalue weighted by molar-refractivity contribution is -0.118. The largest absolute Gasteiger partial charge is 0.340 e. The Morgan fingerprint density at radius 3 is 2.52 bits per heavy atom. The molecule has 2 aromatic rings. The molecule has 1 atom stereocenters. The van der Waals surface area contributed by atoms with E-state index in [1.807, 2.05) is 19.2 Å². The summed E-state index contributed by atoms with van der Waals surface area (Å²) in [6.07, 6.45) is 3.73. The van der Waals surface area contributed by atoms with Crippen molar-refractivity contribution in [2.24, 2.45) is 5.92 Å². The molecule has 2 heterocycles. The molecule has 1 aliphatic rings. The van der Waals surface area contributed by atoms with E-state index in [0.717, 1.165) is 25.3 Å². The Bertz CT molecular complexity index is 831. The summed E-state index contributed by atoms with van der Waals surface area (Å²) in [7, 11) is 0. The van der Waals surface area contributed by atoms with Gasteiger partial charge in [0.05, 0.1) is 5.69 Å². The van der Waals surface area contributed by atoms with Crippen molar-refractivity contribution in [1.82, 2.24) is 15.2 Å². The van der Waals surface area contributed by atoms with E-state index in [0.29, 0.717) is 10.7 Å². The molecule has 0 radical (unpaired) electrons. The summed E-state index contributed by atoms with van der Waals surface area (Å²) in [5.41, 5.74) is 1.26. The van der Waals surface area contributed by atoms with Gasteiger partial charge in [0.1, 0.15) is 11.9 Å². The molecule has 8 heteroatoms. The van der Waals surface area contributed by atoms with E-state index in [1.54, 1.807) is 0 Å². The molecule has 3 rings (SSSR count). The summed E-state index contributed by atoms with van der Waals surface area (Å²) in [5, 5.41) is 8.06. The van der Waals surface area contributed by atoms with Gasteiger partial charge in [-0.15, -0.1) is 11.3 Å². The monoisotopic (exact) mass is 418 g/mol. The number of carbonyl (C=O) groups is 2. The number of hydrogen-bond acceptors (Lipinski definition) is 5. The van der Waals surface area contributed by atoms with Crippen LogP contribution in [0.3, 0.4) is 0 Å². The van der Waals surface area contributed by atoms with Crippen LogP contribution in [0.2, 0.25) is 0 Å². The van der Waals surface area contributed by atoms with Gasteiger partial charge < -0.3 is 10.6 Å². The second-order valence-electron chi connectivity index (χ2n) is 7.67. The van der Waals surface area contributed by atoms with E-state index in [1.165, 1.54) is 54.9 Å². The zero-order chi connectivity index (χ0) is 20.8. The molecule has 6 nitrogen and oxygen atoms in total. The SMILES string of the molecule is CC(C)C(NC(=O)c1ccc(F)cc1)C(=O)Nc1nc(CN2CCCCC2)cs1. The number of thiazole rings is 1. The van der Waals surface area contributed by atoms with Crippen molar-refractivity contribution in [2.75, 3.05) is 18.4 Å². The Hall–Kier alpha value is -2.32. The molecule has 2 amide bonds. The maximum absolute atomic E-state index is 13.1.